The number of aromatic nitrogens is 1. The fraction of sp³-hybridized carbons (Fsp3) is 0.125. The molecule has 0 radical (unpaired) electrons. The largest absolute Gasteiger partial charge is 0.502 e. The molecule has 0 aliphatic heterocycles. The first kappa shape index (κ1) is 12.0. The first-order chi connectivity index (χ1) is 6.88. The van der Waals surface area contributed by atoms with E-state index in [1.165, 1.54) is 24.5 Å². The maximum atomic E-state index is 11.9. The van der Waals surface area contributed by atoms with Crippen molar-refractivity contribution >= 4 is 23.9 Å². The van der Waals surface area contributed by atoms with E-state index in [-0.39, 0.29) is 16.7 Å². The highest BCUT2D eigenvalue weighted by atomic mass is 32.2. The van der Waals surface area contributed by atoms with Gasteiger partial charge < -0.3 is 12.9 Å². The fourth-order valence-corrected chi connectivity index (χ4v) is 1.40. The molecule has 0 saturated carbocycles. The molecule has 1 atom stereocenters. The lowest BCUT2D eigenvalue weighted by molar-refractivity contribution is 0.499. The minimum atomic E-state index is -4.95. The molecule has 2 nitrogen and oxygen atoms in total. The molecule has 1 unspecified atom stereocenters. The van der Waals surface area contributed by atoms with Gasteiger partial charge in [0, 0.05) is 6.26 Å². The van der Waals surface area contributed by atoms with Crippen molar-refractivity contribution in [2.24, 2.45) is 0 Å². The van der Waals surface area contributed by atoms with Crippen molar-refractivity contribution in [2.45, 2.75) is 5.03 Å². The molecule has 0 aliphatic carbocycles. The molecule has 1 rings (SSSR count). The molecule has 0 saturated heterocycles. The number of rotatable bonds is 3. The van der Waals surface area contributed by atoms with E-state index in [1.807, 2.05) is 0 Å². The third-order valence-corrected chi connectivity index (χ3v) is 2.34. The zero-order valence-corrected chi connectivity index (χ0v) is 8.68. The van der Waals surface area contributed by atoms with Crippen LogP contribution in [0.25, 0.3) is 6.08 Å². The minimum Gasteiger partial charge on any atom is -0.445 e. The second-order valence-electron chi connectivity index (χ2n) is 2.84. The molecule has 1 aromatic rings. The monoisotopic (exact) mass is 234 g/mol. The van der Waals surface area contributed by atoms with Crippen LogP contribution in [0.3, 0.4) is 0 Å². The molecular weight excluding hydrogens is 226 g/mol. The van der Waals surface area contributed by atoms with Gasteiger partial charge in [-0.15, -0.1) is 5.98 Å². The Kier molecular flexibility index (Phi) is 3.68. The van der Waals surface area contributed by atoms with Gasteiger partial charge in [-0.3, -0.25) is 4.21 Å². The molecule has 0 fully saturated rings. The van der Waals surface area contributed by atoms with Crippen LogP contribution in [0.15, 0.2) is 29.2 Å². The third-order valence-electron chi connectivity index (χ3n) is 1.52. The van der Waals surface area contributed by atoms with Gasteiger partial charge in [0.25, 0.3) is 0 Å². The maximum Gasteiger partial charge on any atom is 0.502 e. The Morgan fingerprint density at radius 3 is 2.60 bits per heavy atom. The summed E-state index contributed by atoms with van der Waals surface area (Å²) >= 11 is 0. The third kappa shape index (κ3) is 4.29. The molecule has 1 aromatic heterocycles. The molecule has 15 heavy (non-hydrogen) atoms. The van der Waals surface area contributed by atoms with Gasteiger partial charge in [0.1, 0.15) is 5.03 Å². The first-order valence-electron chi connectivity index (χ1n) is 4.08. The predicted octanol–water partition coefficient (Wildman–Crippen LogP) is 2.22. The van der Waals surface area contributed by atoms with E-state index in [0.29, 0.717) is 0 Å². The van der Waals surface area contributed by atoms with Crippen molar-refractivity contribution in [1.29, 1.82) is 0 Å². The quantitative estimate of drug-likeness (QED) is 0.750. The van der Waals surface area contributed by atoms with Crippen LogP contribution in [0.1, 0.15) is 5.69 Å². The molecule has 82 valence electrons. The van der Waals surface area contributed by atoms with E-state index >= 15 is 0 Å². The van der Waals surface area contributed by atoms with E-state index in [4.69, 9.17) is 0 Å². The SMILES string of the molecule is CS(=O)c1cccc(/C=C/[B-](F)(F)F)n1. The zero-order chi connectivity index (χ0) is 11.5. The summed E-state index contributed by atoms with van der Waals surface area (Å²) in [5, 5.41) is 0.270. The van der Waals surface area contributed by atoms with Crippen molar-refractivity contribution in [1.82, 2.24) is 4.98 Å². The summed E-state index contributed by atoms with van der Waals surface area (Å²) in [6.45, 7) is -4.95. The van der Waals surface area contributed by atoms with Crippen molar-refractivity contribution in [2.75, 3.05) is 6.26 Å². The van der Waals surface area contributed by atoms with Crippen LogP contribution < -0.4 is 0 Å². The summed E-state index contributed by atoms with van der Waals surface area (Å²) in [5.74, 6) is 0.157. The highest BCUT2D eigenvalue weighted by Crippen LogP contribution is 2.12. The predicted molar refractivity (Wildman–Crippen MR) is 54.7 cm³/mol. The lowest BCUT2D eigenvalue weighted by atomic mass is 9.91. The zero-order valence-electron chi connectivity index (χ0n) is 7.86. The van der Waals surface area contributed by atoms with Gasteiger partial charge in [-0.05, 0) is 12.1 Å². The summed E-state index contributed by atoms with van der Waals surface area (Å²) < 4.78 is 46.7. The van der Waals surface area contributed by atoms with E-state index in [0.717, 1.165) is 6.08 Å². The summed E-state index contributed by atoms with van der Waals surface area (Å²) in [7, 11) is -1.29. The Balaban J connectivity index is 2.92. The fourth-order valence-electron chi connectivity index (χ4n) is 0.891. The standard InChI is InChI=1S/C8H8BF3NOS/c1-15(14)8-4-2-3-7(13-8)5-6-9(10,11)12/h2-6H,1H3/q-1/b6-5+. The van der Waals surface area contributed by atoms with Gasteiger partial charge in [0.05, 0.1) is 16.5 Å². The van der Waals surface area contributed by atoms with Gasteiger partial charge >= 0.3 is 6.98 Å². The average Bonchev–Trinajstić information content (AvgIpc) is 2.14. The molecule has 0 amide bonds. The number of nitrogens with zero attached hydrogens (tertiary/aromatic N) is 1. The number of halogens is 3. The van der Waals surface area contributed by atoms with Crippen molar-refractivity contribution in [3.63, 3.8) is 0 Å². The molecule has 0 bridgehead atoms. The van der Waals surface area contributed by atoms with Crippen LogP contribution in [0, 0.1) is 0 Å². The first-order valence-corrected chi connectivity index (χ1v) is 5.64. The van der Waals surface area contributed by atoms with Crippen LogP contribution in [-0.4, -0.2) is 22.4 Å². The topological polar surface area (TPSA) is 30.0 Å². The van der Waals surface area contributed by atoms with Crippen molar-refractivity contribution < 1.29 is 17.2 Å². The smallest absolute Gasteiger partial charge is 0.445 e. The van der Waals surface area contributed by atoms with E-state index in [2.05, 4.69) is 4.98 Å². The van der Waals surface area contributed by atoms with Gasteiger partial charge in [0.15, 0.2) is 0 Å². The Bertz CT molecular complexity index is 405. The Labute approximate surface area is 87.7 Å². The van der Waals surface area contributed by atoms with E-state index in [1.54, 1.807) is 0 Å². The van der Waals surface area contributed by atoms with Crippen LogP contribution in [0.5, 0.6) is 0 Å². The van der Waals surface area contributed by atoms with Gasteiger partial charge in [-0.2, -0.15) is 0 Å². The Hall–Kier alpha value is -1.11. The van der Waals surface area contributed by atoms with Crippen LogP contribution >= 0.6 is 0 Å². The lowest BCUT2D eigenvalue weighted by Crippen LogP contribution is -2.09. The number of hydrogen-bond donors (Lipinski definition) is 0. The van der Waals surface area contributed by atoms with Crippen LogP contribution in [0.2, 0.25) is 0 Å². The number of pyridine rings is 1. The van der Waals surface area contributed by atoms with Crippen LogP contribution in [-0.2, 0) is 10.8 Å². The van der Waals surface area contributed by atoms with Gasteiger partial charge in [-0.25, -0.2) is 4.98 Å². The lowest BCUT2D eigenvalue weighted by Gasteiger charge is -2.06. The highest BCUT2D eigenvalue weighted by molar-refractivity contribution is 7.84. The Morgan fingerprint density at radius 2 is 2.07 bits per heavy atom. The number of hydrogen-bond acceptors (Lipinski definition) is 2. The molecule has 1 heterocycles. The maximum absolute atomic E-state index is 11.9. The minimum absolute atomic E-state index is 0.155. The molecule has 7 heteroatoms. The second-order valence-corrected chi connectivity index (χ2v) is 4.17. The van der Waals surface area contributed by atoms with E-state index < -0.39 is 17.8 Å². The molecule has 0 spiro atoms. The summed E-state index contributed by atoms with van der Waals surface area (Å²) in [5.41, 5.74) is 0.155. The van der Waals surface area contributed by atoms with E-state index in [9.17, 15) is 17.2 Å². The Morgan fingerprint density at radius 1 is 1.40 bits per heavy atom. The summed E-state index contributed by atoms with van der Waals surface area (Å²) in [6, 6.07) is 4.45. The second kappa shape index (κ2) is 4.61. The summed E-state index contributed by atoms with van der Waals surface area (Å²) in [4.78, 5) is 3.80. The summed E-state index contributed by atoms with van der Waals surface area (Å²) in [6.07, 6.45) is 2.29. The molecule has 0 N–H and O–H groups in total. The molecule has 0 aliphatic rings. The van der Waals surface area contributed by atoms with Crippen molar-refractivity contribution in [3.8, 4) is 0 Å². The molecule has 0 aromatic carbocycles. The van der Waals surface area contributed by atoms with Crippen molar-refractivity contribution in [3.05, 3.63) is 29.9 Å². The van der Waals surface area contributed by atoms with Crippen LogP contribution in [0.4, 0.5) is 12.9 Å². The normalized spacial score (nSPS) is 14.4. The molecular formula is C8H8BF3NOS-. The average molecular weight is 234 g/mol. The highest BCUT2D eigenvalue weighted by Gasteiger charge is 2.17. The van der Waals surface area contributed by atoms with Gasteiger partial charge in [0.2, 0.25) is 0 Å². The van der Waals surface area contributed by atoms with Gasteiger partial charge in [-0.1, -0.05) is 12.1 Å².